The van der Waals surface area contributed by atoms with Crippen LogP contribution in [-0.4, -0.2) is 13.1 Å². The highest BCUT2D eigenvalue weighted by Gasteiger charge is 2.24. The highest BCUT2D eigenvalue weighted by molar-refractivity contribution is 5.27. The van der Waals surface area contributed by atoms with E-state index in [0.29, 0.717) is 5.92 Å². The largest absolute Gasteiger partial charge is 0.316 e. The summed E-state index contributed by atoms with van der Waals surface area (Å²) in [4.78, 5) is 0. The second-order valence-electron chi connectivity index (χ2n) is 6.64. The smallest absolute Gasteiger partial charge is 0.123 e. The number of aryl methyl sites for hydroxylation is 1. The Balaban J connectivity index is 2.03. The van der Waals surface area contributed by atoms with Crippen molar-refractivity contribution in [2.45, 2.75) is 58.8 Å². The van der Waals surface area contributed by atoms with E-state index in [1.807, 2.05) is 6.07 Å². The van der Waals surface area contributed by atoms with E-state index in [2.05, 4.69) is 19.2 Å². The summed E-state index contributed by atoms with van der Waals surface area (Å²) >= 11 is 0. The van der Waals surface area contributed by atoms with Crippen LogP contribution >= 0.6 is 0 Å². The summed E-state index contributed by atoms with van der Waals surface area (Å²) in [6.45, 7) is 6.57. The third kappa shape index (κ3) is 5.10. The molecule has 0 radical (unpaired) electrons. The molecule has 1 saturated carbocycles. The average molecular weight is 291 g/mol. The predicted molar refractivity (Wildman–Crippen MR) is 88.1 cm³/mol. The summed E-state index contributed by atoms with van der Waals surface area (Å²) < 4.78 is 13.5. The fraction of sp³-hybridized carbons (Fsp3) is 0.684. The molecule has 1 aromatic rings. The summed E-state index contributed by atoms with van der Waals surface area (Å²) in [6, 6.07) is 5.24. The van der Waals surface area contributed by atoms with Gasteiger partial charge in [0, 0.05) is 0 Å². The minimum Gasteiger partial charge on any atom is -0.316 e. The van der Waals surface area contributed by atoms with Crippen LogP contribution in [0.4, 0.5) is 4.39 Å². The predicted octanol–water partition coefficient (Wildman–Crippen LogP) is 4.87. The van der Waals surface area contributed by atoms with Crippen molar-refractivity contribution >= 4 is 0 Å². The number of hydrogen-bond acceptors (Lipinski definition) is 1. The van der Waals surface area contributed by atoms with Gasteiger partial charge in [-0.05, 0) is 80.8 Å². The molecule has 21 heavy (non-hydrogen) atoms. The molecule has 118 valence electrons. The van der Waals surface area contributed by atoms with E-state index >= 15 is 0 Å². The minimum absolute atomic E-state index is 0.0927. The van der Waals surface area contributed by atoms with Gasteiger partial charge in [-0.2, -0.15) is 0 Å². The molecular formula is C19H30FN. The zero-order valence-electron chi connectivity index (χ0n) is 13.6. The normalized spacial score (nSPS) is 23.0. The molecule has 2 atom stereocenters. The summed E-state index contributed by atoms with van der Waals surface area (Å²) in [5, 5.41) is 3.60. The maximum atomic E-state index is 13.5. The first-order chi connectivity index (χ1) is 10.2. The second-order valence-corrected chi connectivity index (χ2v) is 6.64. The van der Waals surface area contributed by atoms with Gasteiger partial charge in [0.25, 0.3) is 0 Å². The van der Waals surface area contributed by atoms with E-state index in [1.54, 1.807) is 12.1 Å². The second kappa shape index (κ2) is 8.53. The standard InChI is InChI=1S/C19H30FN/c1-3-11-21-14-17-8-6-4-5-7-16(17)12-18-13-19(20)10-9-15(18)2/h9-10,13,16-17,21H,3-8,11-12,14H2,1-2H3. The Morgan fingerprint density at radius 2 is 1.90 bits per heavy atom. The molecule has 1 N–H and O–H groups in total. The molecule has 0 saturated heterocycles. The third-order valence-corrected chi connectivity index (χ3v) is 4.94. The van der Waals surface area contributed by atoms with Crippen molar-refractivity contribution < 1.29 is 4.39 Å². The van der Waals surface area contributed by atoms with E-state index in [-0.39, 0.29) is 5.82 Å². The highest BCUT2D eigenvalue weighted by atomic mass is 19.1. The molecule has 0 aromatic heterocycles. The molecular weight excluding hydrogens is 261 g/mol. The first-order valence-electron chi connectivity index (χ1n) is 8.66. The first-order valence-corrected chi connectivity index (χ1v) is 8.66. The van der Waals surface area contributed by atoms with Crippen LogP contribution in [0.2, 0.25) is 0 Å². The molecule has 0 heterocycles. The van der Waals surface area contributed by atoms with Crippen LogP contribution in [0.1, 0.15) is 56.6 Å². The van der Waals surface area contributed by atoms with Crippen molar-refractivity contribution in [1.29, 1.82) is 0 Å². The fourth-order valence-electron chi connectivity index (χ4n) is 3.61. The van der Waals surface area contributed by atoms with Gasteiger partial charge in [-0.3, -0.25) is 0 Å². The Morgan fingerprint density at radius 3 is 2.67 bits per heavy atom. The molecule has 1 aliphatic rings. The van der Waals surface area contributed by atoms with Gasteiger partial charge in [-0.15, -0.1) is 0 Å². The molecule has 0 amide bonds. The quantitative estimate of drug-likeness (QED) is 0.582. The number of halogens is 1. The summed E-state index contributed by atoms with van der Waals surface area (Å²) in [5.74, 6) is 1.36. The van der Waals surface area contributed by atoms with Gasteiger partial charge in [0.2, 0.25) is 0 Å². The SMILES string of the molecule is CCCNCC1CCCCCC1Cc1cc(F)ccc1C. The van der Waals surface area contributed by atoms with Crippen LogP contribution in [0.15, 0.2) is 18.2 Å². The van der Waals surface area contributed by atoms with E-state index < -0.39 is 0 Å². The zero-order chi connectivity index (χ0) is 15.1. The van der Waals surface area contributed by atoms with Gasteiger partial charge < -0.3 is 5.32 Å². The third-order valence-electron chi connectivity index (χ3n) is 4.94. The Morgan fingerprint density at radius 1 is 1.14 bits per heavy atom. The van der Waals surface area contributed by atoms with E-state index in [4.69, 9.17) is 0 Å². The number of rotatable bonds is 6. The molecule has 1 nitrogen and oxygen atoms in total. The monoisotopic (exact) mass is 291 g/mol. The van der Waals surface area contributed by atoms with Crippen LogP contribution in [-0.2, 0) is 6.42 Å². The summed E-state index contributed by atoms with van der Waals surface area (Å²) in [5.41, 5.74) is 2.45. The summed E-state index contributed by atoms with van der Waals surface area (Å²) in [6.07, 6.45) is 8.93. The molecule has 2 unspecified atom stereocenters. The lowest BCUT2D eigenvalue weighted by Gasteiger charge is -2.26. The van der Waals surface area contributed by atoms with Gasteiger partial charge in [0.15, 0.2) is 0 Å². The van der Waals surface area contributed by atoms with Crippen molar-refractivity contribution in [2.24, 2.45) is 11.8 Å². The molecule has 0 bridgehead atoms. The number of nitrogens with one attached hydrogen (secondary N) is 1. The lowest BCUT2D eigenvalue weighted by Crippen LogP contribution is -2.29. The number of hydrogen-bond donors (Lipinski definition) is 1. The van der Waals surface area contributed by atoms with Gasteiger partial charge in [-0.1, -0.05) is 32.3 Å². The van der Waals surface area contributed by atoms with Crippen LogP contribution in [0, 0.1) is 24.6 Å². The Labute approximate surface area is 129 Å². The lowest BCUT2D eigenvalue weighted by molar-refractivity contribution is 0.297. The molecule has 2 rings (SSSR count). The molecule has 1 fully saturated rings. The maximum absolute atomic E-state index is 13.5. The van der Waals surface area contributed by atoms with Crippen LogP contribution in [0.25, 0.3) is 0 Å². The molecule has 2 heteroatoms. The first kappa shape index (κ1) is 16.5. The topological polar surface area (TPSA) is 12.0 Å². The van der Waals surface area contributed by atoms with Gasteiger partial charge in [-0.25, -0.2) is 4.39 Å². The maximum Gasteiger partial charge on any atom is 0.123 e. The van der Waals surface area contributed by atoms with Crippen LogP contribution in [0.5, 0.6) is 0 Å². The lowest BCUT2D eigenvalue weighted by atomic mass is 9.82. The van der Waals surface area contributed by atoms with Crippen molar-refractivity contribution in [3.8, 4) is 0 Å². The fourth-order valence-corrected chi connectivity index (χ4v) is 3.61. The van der Waals surface area contributed by atoms with E-state index in [0.717, 1.165) is 25.4 Å². The van der Waals surface area contributed by atoms with Gasteiger partial charge in [0.1, 0.15) is 5.82 Å². The summed E-state index contributed by atoms with van der Waals surface area (Å²) in [7, 11) is 0. The van der Waals surface area contributed by atoms with Crippen molar-refractivity contribution in [1.82, 2.24) is 5.32 Å². The Bertz CT molecular complexity index is 430. The Hall–Kier alpha value is -0.890. The van der Waals surface area contributed by atoms with Crippen molar-refractivity contribution in [3.05, 3.63) is 35.1 Å². The van der Waals surface area contributed by atoms with Crippen LogP contribution < -0.4 is 5.32 Å². The molecule has 1 aliphatic carbocycles. The highest BCUT2D eigenvalue weighted by Crippen LogP contribution is 2.32. The Kier molecular flexibility index (Phi) is 6.69. The number of benzene rings is 1. The van der Waals surface area contributed by atoms with Crippen LogP contribution in [0.3, 0.4) is 0 Å². The molecule has 0 aliphatic heterocycles. The minimum atomic E-state index is -0.0927. The van der Waals surface area contributed by atoms with Gasteiger partial charge in [0.05, 0.1) is 0 Å². The molecule has 1 aromatic carbocycles. The average Bonchev–Trinajstić information content (AvgIpc) is 2.69. The van der Waals surface area contributed by atoms with E-state index in [9.17, 15) is 4.39 Å². The zero-order valence-corrected chi connectivity index (χ0v) is 13.6. The van der Waals surface area contributed by atoms with Crippen molar-refractivity contribution in [2.75, 3.05) is 13.1 Å². The van der Waals surface area contributed by atoms with E-state index in [1.165, 1.54) is 49.7 Å². The molecule has 0 spiro atoms. The van der Waals surface area contributed by atoms with Crippen molar-refractivity contribution in [3.63, 3.8) is 0 Å². The van der Waals surface area contributed by atoms with Gasteiger partial charge >= 0.3 is 0 Å².